The number of hydrogen-bond donors (Lipinski definition) is 1. The summed E-state index contributed by atoms with van der Waals surface area (Å²) in [7, 11) is 0. The van der Waals surface area contributed by atoms with Crippen LogP contribution >= 0.6 is 11.8 Å². The van der Waals surface area contributed by atoms with Crippen LogP contribution in [0.5, 0.6) is 5.75 Å². The van der Waals surface area contributed by atoms with E-state index in [1.54, 1.807) is 11.8 Å². The summed E-state index contributed by atoms with van der Waals surface area (Å²) in [5, 5.41) is 2.99. The summed E-state index contributed by atoms with van der Waals surface area (Å²) in [6, 6.07) is 24.1. The van der Waals surface area contributed by atoms with Crippen LogP contribution in [0.15, 0.2) is 77.7 Å². The zero-order chi connectivity index (χ0) is 19.3. The van der Waals surface area contributed by atoms with Crippen molar-refractivity contribution in [2.45, 2.75) is 11.4 Å². The van der Waals surface area contributed by atoms with Gasteiger partial charge in [0.1, 0.15) is 12.4 Å². The fourth-order valence-electron chi connectivity index (χ4n) is 3.27. The number of thioether (sulfide) groups is 1. The Balaban J connectivity index is 1.47. The van der Waals surface area contributed by atoms with Crippen LogP contribution in [-0.4, -0.2) is 25.3 Å². The third-order valence-electron chi connectivity index (χ3n) is 4.77. The van der Waals surface area contributed by atoms with Crippen LogP contribution in [0, 0.1) is 0 Å². The summed E-state index contributed by atoms with van der Waals surface area (Å²) >= 11 is 1.71. The molecule has 0 bridgehead atoms. The van der Waals surface area contributed by atoms with Gasteiger partial charge >= 0.3 is 0 Å². The van der Waals surface area contributed by atoms with Crippen molar-refractivity contribution in [3.63, 3.8) is 0 Å². The highest BCUT2D eigenvalue weighted by atomic mass is 32.2. The zero-order valence-electron chi connectivity index (χ0n) is 15.7. The SMILES string of the molecule is CSc1ccc(CNC(=O)c2ccc3c(c2)OCCN3c2ccccc2)cc1. The Bertz CT molecular complexity index is 958. The molecule has 3 aromatic rings. The highest BCUT2D eigenvalue weighted by Crippen LogP contribution is 2.37. The molecule has 0 fully saturated rings. The van der Waals surface area contributed by atoms with Gasteiger partial charge in [-0.3, -0.25) is 4.79 Å². The van der Waals surface area contributed by atoms with E-state index in [0.29, 0.717) is 18.7 Å². The van der Waals surface area contributed by atoms with Crippen LogP contribution < -0.4 is 15.0 Å². The van der Waals surface area contributed by atoms with Gasteiger partial charge in [-0.25, -0.2) is 0 Å². The molecule has 1 N–H and O–H groups in total. The van der Waals surface area contributed by atoms with Crippen LogP contribution in [-0.2, 0) is 6.54 Å². The van der Waals surface area contributed by atoms with Gasteiger partial charge in [0.15, 0.2) is 0 Å². The van der Waals surface area contributed by atoms with E-state index in [9.17, 15) is 4.79 Å². The second kappa shape index (κ2) is 8.40. The third kappa shape index (κ3) is 3.99. The minimum absolute atomic E-state index is 0.0998. The Morgan fingerprint density at radius 1 is 1.07 bits per heavy atom. The van der Waals surface area contributed by atoms with Gasteiger partial charge in [0, 0.05) is 22.7 Å². The molecule has 1 amide bonds. The lowest BCUT2D eigenvalue weighted by Gasteiger charge is -2.31. The Hall–Kier alpha value is -2.92. The topological polar surface area (TPSA) is 41.6 Å². The van der Waals surface area contributed by atoms with E-state index in [-0.39, 0.29) is 5.91 Å². The fourth-order valence-corrected chi connectivity index (χ4v) is 3.67. The largest absolute Gasteiger partial charge is 0.490 e. The first kappa shape index (κ1) is 18.4. The van der Waals surface area contributed by atoms with Gasteiger partial charge in [-0.15, -0.1) is 11.8 Å². The number of carbonyl (C=O) groups is 1. The van der Waals surface area contributed by atoms with Gasteiger partial charge in [0.05, 0.1) is 12.2 Å². The molecule has 4 nitrogen and oxygen atoms in total. The quantitative estimate of drug-likeness (QED) is 0.631. The van der Waals surface area contributed by atoms with Crippen molar-refractivity contribution in [1.29, 1.82) is 0 Å². The Kier molecular flexibility index (Phi) is 5.53. The number of hydrogen-bond acceptors (Lipinski definition) is 4. The first-order valence-electron chi connectivity index (χ1n) is 9.25. The number of carbonyl (C=O) groups excluding carboxylic acids is 1. The molecule has 0 radical (unpaired) electrons. The molecule has 0 unspecified atom stereocenters. The first-order valence-corrected chi connectivity index (χ1v) is 10.5. The van der Waals surface area contributed by atoms with Crippen molar-refractivity contribution in [3.05, 3.63) is 83.9 Å². The average Bonchev–Trinajstić information content (AvgIpc) is 2.77. The van der Waals surface area contributed by atoms with Crippen LogP contribution in [0.1, 0.15) is 15.9 Å². The van der Waals surface area contributed by atoms with E-state index < -0.39 is 0 Å². The van der Waals surface area contributed by atoms with E-state index in [1.165, 1.54) is 4.90 Å². The molecule has 0 aliphatic carbocycles. The summed E-state index contributed by atoms with van der Waals surface area (Å²) in [6.45, 7) is 1.88. The van der Waals surface area contributed by atoms with E-state index >= 15 is 0 Å². The van der Waals surface area contributed by atoms with E-state index in [1.807, 2.05) is 54.8 Å². The van der Waals surface area contributed by atoms with Gasteiger partial charge in [-0.2, -0.15) is 0 Å². The summed E-state index contributed by atoms with van der Waals surface area (Å²) < 4.78 is 5.83. The van der Waals surface area contributed by atoms with Gasteiger partial charge in [-0.05, 0) is 54.3 Å². The van der Waals surface area contributed by atoms with E-state index in [4.69, 9.17) is 4.74 Å². The van der Waals surface area contributed by atoms with Crippen molar-refractivity contribution < 1.29 is 9.53 Å². The third-order valence-corrected chi connectivity index (χ3v) is 5.51. The maximum atomic E-state index is 12.6. The van der Waals surface area contributed by atoms with E-state index in [0.717, 1.165) is 29.2 Å². The molecular weight excluding hydrogens is 368 g/mol. The number of anilines is 2. The number of para-hydroxylation sites is 1. The molecule has 0 aromatic heterocycles. The predicted octanol–water partition coefficient (Wildman–Crippen LogP) is 4.87. The van der Waals surface area contributed by atoms with Crippen LogP contribution in [0.25, 0.3) is 0 Å². The molecule has 0 saturated carbocycles. The van der Waals surface area contributed by atoms with Crippen molar-refractivity contribution in [3.8, 4) is 5.75 Å². The molecule has 0 atom stereocenters. The van der Waals surface area contributed by atoms with Gasteiger partial charge in [0.2, 0.25) is 0 Å². The first-order chi connectivity index (χ1) is 13.7. The molecule has 0 spiro atoms. The lowest BCUT2D eigenvalue weighted by Crippen LogP contribution is -2.29. The predicted molar refractivity (Wildman–Crippen MR) is 115 cm³/mol. The molecule has 4 rings (SSSR count). The standard InChI is InChI=1S/C23H22N2O2S/c1-28-20-10-7-17(8-11-20)16-24-23(26)18-9-12-21-22(15-18)27-14-13-25(21)19-5-3-2-4-6-19/h2-12,15H,13-14,16H2,1H3,(H,24,26). The Morgan fingerprint density at radius 2 is 1.86 bits per heavy atom. The van der Waals surface area contributed by atoms with Crippen molar-refractivity contribution in [2.24, 2.45) is 0 Å². The minimum atomic E-state index is -0.0998. The Labute approximate surface area is 169 Å². The van der Waals surface area contributed by atoms with Crippen molar-refractivity contribution in [2.75, 3.05) is 24.3 Å². The van der Waals surface area contributed by atoms with Gasteiger partial charge < -0.3 is 15.0 Å². The number of fused-ring (bicyclic) bond motifs is 1. The second-order valence-corrected chi connectivity index (χ2v) is 7.43. The van der Waals surface area contributed by atoms with Gasteiger partial charge in [0.25, 0.3) is 5.91 Å². The normalized spacial score (nSPS) is 12.8. The average molecular weight is 391 g/mol. The molecule has 1 aliphatic heterocycles. The minimum Gasteiger partial charge on any atom is -0.490 e. The molecule has 1 aliphatic rings. The fraction of sp³-hybridized carbons (Fsp3) is 0.174. The number of nitrogens with one attached hydrogen (secondary N) is 1. The molecule has 28 heavy (non-hydrogen) atoms. The number of amides is 1. The van der Waals surface area contributed by atoms with Gasteiger partial charge in [-0.1, -0.05) is 30.3 Å². The molecule has 0 saturated heterocycles. The summed E-state index contributed by atoms with van der Waals surface area (Å²) in [4.78, 5) is 16.0. The molecular formula is C23H22N2O2S. The summed E-state index contributed by atoms with van der Waals surface area (Å²) in [5.41, 5.74) is 3.80. The summed E-state index contributed by atoms with van der Waals surface area (Å²) in [6.07, 6.45) is 2.05. The number of nitrogens with zero attached hydrogens (tertiary/aromatic N) is 1. The van der Waals surface area contributed by atoms with Crippen molar-refractivity contribution in [1.82, 2.24) is 5.32 Å². The Morgan fingerprint density at radius 3 is 2.61 bits per heavy atom. The highest BCUT2D eigenvalue weighted by molar-refractivity contribution is 7.98. The van der Waals surface area contributed by atoms with Crippen LogP contribution in [0.2, 0.25) is 0 Å². The maximum absolute atomic E-state index is 12.6. The number of benzene rings is 3. The molecule has 3 aromatic carbocycles. The number of ether oxygens (including phenoxy) is 1. The van der Waals surface area contributed by atoms with Crippen LogP contribution in [0.3, 0.4) is 0 Å². The lowest BCUT2D eigenvalue weighted by atomic mass is 10.1. The molecule has 142 valence electrons. The zero-order valence-corrected chi connectivity index (χ0v) is 16.5. The van der Waals surface area contributed by atoms with Crippen LogP contribution in [0.4, 0.5) is 11.4 Å². The van der Waals surface area contributed by atoms with E-state index in [2.05, 4.69) is 34.5 Å². The molecule has 5 heteroatoms. The van der Waals surface area contributed by atoms with Crippen molar-refractivity contribution >= 4 is 29.0 Å². The lowest BCUT2D eigenvalue weighted by molar-refractivity contribution is 0.0950. The summed E-state index contributed by atoms with van der Waals surface area (Å²) in [5.74, 6) is 0.643. The highest BCUT2D eigenvalue weighted by Gasteiger charge is 2.21. The second-order valence-electron chi connectivity index (χ2n) is 6.55. The molecule has 1 heterocycles. The smallest absolute Gasteiger partial charge is 0.251 e. The monoisotopic (exact) mass is 390 g/mol. The number of rotatable bonds is 5. The maximum Gasteiger partial charge on any atom is 0.251 e.